The minimum absolute atomic E-state index is 0.00231. The second-order valence-electron chi connectivity index (χ2n) is 19.3. The number of allylic oxidation sites excluding steroid dienone is 7. The summed E-state index contributed by atoms with van der Waals surface area (Å²) in [6, 6.07) is -0.627. The van der Waals surface area contributed by atoms with E-state index in [0.717, 1.165) is 51.4 Å². The number of amides is 1. The first kappa shape index (κ1) is 62.8. The highest BCUT2D eigenvalue weighted by Gasteiger charge is 2.18. The first-order chi connectivity index (χ1) is 32.0. The molecule has 6 nitrogen and oxygen atoms in total. The van der Waals surface area contributed by atoms with E-state index in [1.54, 1.807) is 6.08 Å². The number of ether oxygens (including phenoxy) is 1. The van der Waals surface area contributed by atoms with Crippen LogP contribution in [0.5, 0.6) is 0 Å². The number of nitrogens with one attached hydrogen (secondary N) is 1. The van der Waals surface area contributed by atoms with Gasteiger partial charge in [0.25, 0.3) is 0 Å². The van der Waals surface area contributed by atoms with Crippen molar-refractivity contribution in [3.8, 4) is 0 Å². The molecule has 380 valence electrons. The van der Waals surface area contributed by atoms with Crippen molar-refractivity contribution < 1.29 is 24.5 Å². The van der Waals surface area contributed by atoms with E-state index in [0.29, 0.717) is 19.4 Å². The molecule has 3 N–H and O–H groups in total. The van der Waals surface area contributed by atoms with E-state index in [1.807, 2.05) is 6.08 Å². The lowest BCUT2D eigenvalue weighted by molar-refractivity contribution is -0.143. The first-order valence-corrected chi connectivity index (χ1v) is 28.4. The monoisotopic (exact) mass is 912 g/mol. The van der Waals surface area contributed by atoms with Gasteiger partial charge in [0, 0.05) is 12.8 Å². The van der Waals surface area contributed by atoms with Gasteiger partial charge in [-0.05, 0) is 83.5 Å². The number of carbonyl (C=O) groups excluding carboxylic acids is 2. The molecule has 0 aliphatic rings. The number of rotatable bonds is 52. The summed E-state index contributed by atoms with van der Waals surface area (Å²) >= 11 is 0. The van der Waals surface area contributed by atoms with E-state index in [-0.39, 0.29) is 18.5 Å². The van der Waals surface area contributed by atoms with Crippen LogP contribution in [0.3, 0.4) is 0 Å². The largest absolute Gasteiger partial charge is 0.466 e. The Morgan fingerprint density at radius 1 is 0.431 bits per heavy atom. The van der Waals surface area contributed by atoms with Crippen LogP contribution in [-0.4, -0.2) is 47.4 Å². The first-order valence-electron chi connectivity index (χ1n) is 28.4. The maximum atomic E-state index is 12.4. The Morgan fingerprint density at radius 2 is 0.800 bits per heavy atom. The molecule has 2 atom stereocenters. The number of hydrogen-bond donors (Lipinski definition) is 3. The number of unbranched alkanes of at least 4 members (excludes halogenated alkanes) is 35. The third-order valence-corrected chi connectivity index (χ3v) is 12.8. The van der Waals surface area contributed by atoms with Crippen molar-refractivity contribution in [1.29, 1.82) is 0 Å². The maximum absolute atomic E-state index is 12.4. The van der Waals surface area contributed by atoms with Gasteiger partial charge in [0.1, 0.15) is 0 Å². The molecule has 0 saturated carbocycles. The Kier molecular flexibility index (Phi) is 52.6. The Balaban J connectivity index is 3.39. The molecular weight excluding hydrogens is 803 g/mol. The van der Waals surface area contributed by atoms with Crippen molar-refractivity contribution in [1.82, 2.24) is 5.32 Å². The van der Waals surface area contributed by atoms with E-state index in [2.05, 4.69) is 55.6 Å². The lowest BCUT2D eigenvalue weighted by atomic mass is 10.0. The van der Waals surface area contributed by atoms with Crippen LogP contribution in [0.2, 0.25) is 0 Å². The van der Waals surface area contributed by atoms with Crippen LogP contribution in [0.4, 0.5) is 0 Å². The summed E-state index contributed by atoms with van der Waals surface area (Å²) in [4.78, 5) is 24.4. The molecule has 0 heterocycles. The molecule has 0 fully saturated rings. The number of carbonyl (C=O) groups is 2. The third kappa shape index (κ3) is 51.1. The summed E-state index contributed by atoms with van der Waals surface area (Å²) in [5.41, 5.74) is 0. The van der Waals surface area contributed by atoms with Gasteiger partial charge in [0.05, 0.1) is 25.4 Å². The molecule has 2 unspecified atom stereocenters. The molecular formula is C59H109NO5. The van der Waals surface area contributed by atoms with Gasteiger partial charge in [-0.2, -0.15) is 0 Å². The number of aliphatic hydroxyl groups is 2. The van der Waals surface area contributed by atoms with Crippen LogP contribution in [-0.2, 0) is 14.3 Å². The topological polar surface area (TPSA) is 95.9 Å². The second-order valence-corrected chi connectivity index (χ2v) is 19.3. The summed E-state index contributed by atoms with van der Waals surface area (Å²) in [6.45, 7) is 4.80. The second kappa shape index (κ2) is 54.4. The molecule has 0 radical (unpaired) electrons. The molecule has 0 bridgehead atoms. The van der Waals surface area contributed by atoms with Crippen LogP contribution < -0.4 is 5.32 Å². The lowest BCUT2D eigenvalue weighted by Crippen LogP contribution is -2.45. The molecule has 0 saturated heterocycles. The van der Waals surface area contributed by atoms with E-state index < -0.39 is 12.1 Å². The van der Waals surface area contributed by atoms with Gasteiger partial charge < -0.3 is 20.3 Å². The molecule has 1 amide bonds. The zero-order valence-electron chi connectivity index (χ0n) is 43.2. The zero-order valence-corrected chi connectivity index (χ0v) is 43.2. The van der Waals surface area contributed by atoms with Crippen LogP contribution in [0, 0.1) is 0 Å². The highest BCUT2D eigenvalue weighted by molar-refractivity contribution is 5.76. The van der Waals surface area contributed by atoms with Crippen molar-refractivity contribution >= 4 is 11.9 Å². The van der Waals surface area contributed by atoms with Gasteiger partial charge >= 0.3 is 5.97 Å². The molecule has 0 aliphatic heterocycles. The Bertz CT molecular complexity index is 1100. The molecule has 0 rings (SSSR count). The van der Waals surface area contributed by atoms with Crippen molar-refractivity contribution in [2.24, 2.45) is 0 Å². The van der Waals surface area contributed by atoms with Gasteiger partial charge in [-0.25, -0.2) is 0 Å². The summed E-state index contributed by atoms with van der Waals surface area (Å²) in [7, 11) is 0. The van der Waals surface area contributed by atoms with E-state index in [9.17, 15) is 19.8 Å². The third-order valence-electron chi connectivity index (χ3n) is 12.8. The maximum Gasteiger partial charge on any atom is 0.305 e. The summed E-state index contributed by atoms with van der Waals surface area (Å²) in [6.07, 6.45) is 68.6. The molecule has 65 heavy (non-hydrogen) atoms. The smallest absolute Gasteiger partial charge is 0.305 e. The SMILES string of the molecule is CCC/C=C\C/C=C\CCCCCCCC(=O)OCCCCCCCCCCCCCC/C=C\CCCCCCCCCCCCC(=O)NC(CO)C(O)/C=C/CCCCCCCCC. The summed E-state index contributed by atoms with van der Waals surface area (Å²) in [5.74, 6) is -0.0756. The minimum atomic E-state index is -0.843. The van der Waals surface area contributed by atoms with Crippen molar-refractivity contribution in [2.75, 3.05) is 13.2 Å². The summed E-state index contributed by atoms with van der Waals surface area (Å²) in [5, 5.41) is 22.9. The predicted octanol–water partition coefficient (Wildman–Crippen LogP) is 17.4. The molecule has 0 aromatic carbocycles. The average molecular weight is 913 g/mol. The van der Waals surface area contributed by atoms with Gasteiger partial charge in [-0.3, -0.25) is 9.59 Å². The van der Waals surface area contributed by atoms with Crippen molar-refractivity contribution in [3.05, 3.63) is 48.6 Å². The van der Waals surface area contributed by atoms with Crippen LogP contribution in [0.25, 0.3) is 0 Å². The average Bonchev–Trinajstić information content (AvgIpc) is 3.31. The molecule has 0 aliphatic carbocycles. The van der Waals surface area contributed by atoms with Gasteiger partial charge in [-0.1, -0.05) is 242 Å². The highest BCUT2D eigenvalue weighted by atomic mass is 16.5. The standard InChI is InChI=1S/C59H109NO5/c1-3-5-7-9-11-13-14-29-33-37-41-45-49-53-59(64)65-54-50-46-42-38-34-31-28-26-24-22-20-18-16-15-17-19-21-23-25-27-30-32-36-40-44-48-52-58(63)60-56(55-61)57(62)51-47-43-39-35-12-10-8-6-4-2/h7,9,13-15,17,47,51,56-57,61-62H,3-6,8,10-12,16,18-46,48-50,52-55H2,1-2H3,(H,60,63)/b9-7-,14-13-,17-15-,51-47+. The molecule has 0 aromatic rings. The Hall–Kier alpha value is -2.18. The van der Waals surface area contributed by atoms with E-state index >= 15 is 0 Å². The fourth-order valence-electron chi connectivity index (χ4n) is 8.43. The van der Waals surface area contributed by atoms with Gasteiger partial charge in [0.15, 0.2) is 0 Å². The predicted molar refractivity (Wildman–Crippen MR) is 282 cm³/mol. The molecule has 6 heteroatoms. The quantitative estimate of drug-likeness (QED) is 0.0321. The fourth-order valence-corrected chi connectivity index (χ4v) is 8.43. The normalized spacial score (nSPS) is 13.0. The molecule has 0 spiro atoms. The van der Waals surface area contributed by atoms with E-state index in [1.165, 1.54) is 212 Å². The minimum Gasteiger partial charge on any atom is -0.466 e. The Morgan fingerprint density at radius 3 is 1.25 bits per heavy atom. The lowest BCUT2D eigenvalue weighted by Gasteiger charge is -2.20. The van der Waals surface area contributed by atoms with E-state index in [4.69, 9.17) is 4.74 Å². The number of aliphatic hydroxyl groups excluding tert-OH is 2. The Labute approximate surface area is 404 Å². The number of hydrogen-bond acceptors (Lipinski definition) is 5. The van der Waals surface area contributed by atoms with Gasteiger partial charge in [-0.15, -0.1) is 0 Å². The fraction of sp³-hybridized carbons (Fsp3) is 0.831. The highest BCUT2D eigenvalue weighted by Crippen LogP contribution is 2.16. The van der Waals surface area contributed by atoms with Crippen LogP contribution in [0.1, 0.15) is 290 Å². The van der Waals surface area contributed by atoms with Crippen molar-refractivity contribution in [3.63, 3.8) is 0 Å². The van der Waals surface area contributed by atoms with Crippen molar-refractivity contribution in [2.45, 2.75) is 302 Å². The van der Waals surface area contributed by atoms with Crippen LogP contribution >= 0.6 is 0 Å². The van der Waals surface area contributed by atoms with Crippen LogP contribution in [0.15, 0.2) is 48.6 Å². The molecule has 0 aromatic heterocycles. The number of esters is 1. The summed E-state index contributed by atoms with van der Waals surface area (Å²) < 4.78 is 5.46. The van der Waals surface area contributed by atoms with Gasteiger partial charge in [0.2, 0.25) is 5.91 Å². The zero-order chi connectivity index (χ0) is 47.2.